The minimum atomic E-state index is 0.139. The molecule has 160 valence electrons. The van der Waals surface area contributed by atoms with E-state index in [9.17, 15) is 4.79 Å². The summed E-state index contributed by atoms with van der Waals surface area (Å²) in [7, 11) is 3.49. The van der Waals surface area contributed by atoms with Gasteiger partial charge in [0.2, 0.25) is 11.8 Å². The lowest BCUT2D eigenvalue weighted by Crippen LogP contribution is -2.49. The van der Waals surface area contributed by atoms with Gasteiger partial charge in [0.15, 0.2) is 0 Å². The van der Waals surface area contributed by atoms with Crippen molar-refractivity contribution in [1.82, 2.24) is 15.6 Å². The number of nitrogens with one attached hydrogen (secondary N) is 2. The van der Waals surface area contributed by atoms with Crippen LogP contribution in [-0.2, 0) is 17.8 Å². The number of carbonyl (C=O) groups is 1. The number of amides is 1. The van der Waals surface area contributed by atoms with Gasteiger partial charge in [-0.25, -0.2) is 4.98 Å². The van der Waals surface area contributed by atoms with E-state index in [0.29, 0.717) is 37.4 Å². The average molecular weight is 409 g/mol. The van der Waals surface area contributed by atoms with Crippen molar-refractivity contribution in [3.05, 3.63) is 53.2 Å². The third-order valence-corrected chi connectivity index (χ3v) is 6.47. The summed E-state index contributed by atoms with van der Waals surface area (Å²) >= 11 is 0. The molecule has 6 heteroatoms. The molecule has 1 amide bonds. The zero-order valence-corrected chi connectivity index (χ0v) is 18.1. The van der Waals surface area contributed by atoms with Crippen molar-refractivity contribution in [3.8, 4) is 5.88 Å². The standard InChI is InChI=1S/C24H32N4O2/c1-4-18-10-11-20(23(26-18)16-8-6-5-7-9-16)25-15-17-14-21-19(27-24(17)30-3)12-13-22(29)28(21)2/h5-9,14,18,20,23,25-26H,4,10-13,15H2,1-3H3/t18-,20-,23-/m1/s1. The molecule has 30 heavy (non-hydrogen) atoms. The molecule has 3 heterocycles. The Morgan fingerprint density at radius 2 is 2.03 bits per heavy atom. The third kappa shape index (κ3) is 4.20. The molecule has 2 aliphatic heterocycles. The Bertz CT molecular complexity index is 886. The zero-order valence-electron chi connectivity index (χ0n) is 18.1. The van der Waals surface area contributed by atoms with Gasteiger partial charge in [0.05, 0.1) is 18.5 Å². The van der Waals surface area contributed by atoms with Crippen LogP contribution in [0.1, 0.15) is 55.5 Å². The molecule has 0 radical (unpaired) electrons. The van der Waals surface area contributed by atoms with E-state index in [4.69, 9.17) is 9.72 Å². The van der Waals surface area contributed by atoms with E-state index in [1.807, 2.05) is 7.05 Å². The summed E-state index contributed by atoms with van der Waals surface area (Å²) in [5.41, 5.74) is 4.14. The van der Waals surface area contributed by atoms with Crippen LogP contribution in [0.25, 0.3) is 0 Å². The molecule has 0 saturated carbocycles. The lowest BCUT2D eigenvalue weighted by atomic mass is 9.88. The fourth-order valence-electron chi connectivity index (χ4n) is 4.64. The van der Waals surface area contributed by atoms with Gasteiger partial charge in [0, 0.05) is 50.1 Å². The van der Waals surface area contributed by atoms with Crippen LogP contribution >= 0.6 is 0 Å². The quantitative estimate of drug-likeness (QED) is 0.767. The highest BCUT2D eigenvalue weighted by molar-refractivity contribution is 5.95. The molecular weight excluding hydrogens is 376 g/mol. The van der Waals surface area contributed by atoms with Gasteiger partial charge >= 0.3 is 0 Å². The molecule has 2 aromatic rings. The summed E-state index contributed by atoms with van der Waals surface area (Å²) in [5, 5.41) is 7.59. The van der Waals surface area contributed by atoms with Gasteiger partial charge in [0.25, 0.3) is 0 Å². The number of methoxy groups -OCH3 is 1. The first-order chi connectivity index (χ1) is 14.6. The smallest absolute Gasteiger partial charge is 0.227 e. The van der Waals surface area contributed by atoms with Gasteiger partial charge in [0.1, 0.15) is 0 Å². The second kappa shape index (κ2) is 9.14. The number of benzene rings is 1. The predicted octanol–water partition coefficient (Wildman–Crippen LogP) is 3.36. The Balaban J connectivity index is 1.55. The maximum Gasteiger partial charge on any atom is 0.227 e. The van der Waals surface area contributed by atoms with Crippen LogP contribution in [0.4, 0.5) is 5.69 Å². The highest BCUT2D eigenvalue weighted by atomic mass is 16.5. The second-order valence-electron chi connectivity index (χ2n) is 8.30. The predicted molar refractivity (Wildman–Crippen MR) is 119 cm³/mol. The first kappa shape index (κ1) is 20.8. The van der Waals surface area contributed by atoms with Gasteiger partial charge in [-0.05, 0) is 30.9 Å². The van der Waals surface area contributed by atoms with Crippen LogP contribution in [0.15, 0.2) is 36.4 Å². The number of fused-ring (bicyclic) bond motifs is 1. The fourth-order valence-corrected chi connectivity index (χ4v) is 4.64. The Morgan fingerprint density at radius 3 is 2.77 bits per heavy atom. The highest BCUT2D eigenvalue weighted by Gasteiger charge is 2.30. The van der Waals surface area contributed by atoms with E-state index in [1.54, 1.807) is 12.0 Å². The summed E-state index contributed by atoms with van der Waals surface area (Å²) in [4.78, 5) is 18.6. The summed E-state index contributed by atoms with van der Waals surface area (Å²) in [5.74, 6) is 0.787. The second-order valence-corrected chi connectivity index (χ2v) is 8.30. The molecular formula is C24H32N4O2. The molecule has 2 N–H and O–H groups in total. The molecule has 0 spiro atoms. The molecule has 1 fully saturated rings. The van der Waals surface area contributed by atoms with Crippen molar-refractivity contribution >= 4 is 11.6 Å². The van der Waals surface area contributed by atoms with Crippen LogP contribution in [-0.4, -0.2) is 37.1 Å². The van der Waals surface area contributed by atoms with Crippen LogP contribution in [0.3, 0.4) is 0 Å². The number of carbonyl (C=O) groups excluding carboxylic acids is 1. The van der Waals surface area contributed by atoms with E-state index in [0.717, 1.165) is 36.2 Å². The number of ether oxygens (including phenoxy) is 1. The maximum absolute atomic E-state index is 12.1. The number of nitrogens with zero attached hydrogens (tertiary/aromatic N) is 2. The maximum atomic E-state index is 12.1. The molecule has 2 aliphatic rings. The molecule has 6 nitrogen and oxygen atoms in total. The lowest BCUT2D eigenvalue weighted by molar-refractivity contribution is -0.118. The van der Waals surface area contributed by atoms with Crippen molar-refractivity contribution in [2.45, 2.75) is 63.7 Å². The van der Waals surface area contributed by atoms with Crippen LogP contribution in [0.5, 0.6) is 5.88 Å². The Kier molecular flexibility index (Phi) is 6.35. The van der Waals surface area contributed by atoms with Crippen molar-refractivity contribution in [2.75, 3.05) is 19.1 Å². The van der Waals surface area contributed by atoms with Gasteiger partial charge in [-0.15, -0.1) is 0 Å². The van der Waals surface area contributed by atoms with Gasteiger partial charge in [-0.1, -0.05) is 37.3 Å². The van der Waals surface area contributed by atoms with Crippen molar-refractivity contribution in [1.29, 1.82) is 0 Å². The molecule has 1 aromatic heterocycles. The van der Waals surface area contributed by atoms with E-state index in [2.05, 4.69) is 54.0 Å². The van der Waals surface area contributed by atoms with Gasteiger partial charge in [-0.2, -0.15) is 0 Å². The highest BCUT2D eigenvalue weighted by Crippen LogP contribution is 2.32. The van der Waals surface area contributed by atoms with Crippen LogP contribution in [0, 0.1) is 0 Å². The van der Waals surface area contributed by atoms with Crippen LogP contribution < -0.4 is 20.3 Å². The largest absolute Gasteiger partial charge is 0.481 e. The number of aromatic nitrogens is 1. The SMILES string of the molecule is CC[C@@H]1CC[C@@H](NCc2cc3c(nc2OC)CCC(=O)N3C)[C@@H](c2ccccc2)N1. The topological polar surface area (TPSA) is 66.5 Å². The summed E-state index contributed by atoms with van der Waals surface area (Å²) in [6, 6.07) is 13.9. The molecule has 0 bridgehead atoms. The van der Waals surface area contributed by atoms with Crippen molar-refractivity contribution in [2.24, 2.45) is 0 Å². The monoisotopic (exact) mass is 408 g/mol. The Morgan fingerprint density at radius 1 is 1.23 bits per heavy atom. The lowest BCUT2D eigenvalue weighted by Gasteiger charge is -2.38. The molecule has 0 unspecified atom stereocenters. The molecule has 4 rings (SSSR count). The average Bonchev–Trinajstić information content (AvgIpc) is 2.80. The Hall–Kier alpha value is -2.44. The molecule has 0 aliphatic carbocycles. The first-order valence-corrected chi connectivity index (χ1v) is 11.0. The normalized spacial score (nSPS) is 23.9. The van der Waals surface area contributed by atoms with E-state index in [1.165, 1.54) is 5.56 Å². The zero-order chi connectivity index (χ0) is 21.1. The number of anilines is 1. The molecule has 1 saturated heterocycles. The molecule has 1 aromatic carbocycles. The number of hydrogen-bond donors (Lipinski definition) is 2. The Labute approximate surface area is 179 Å². The van der Waals surface area contributed by atoms with E-state index >= 15 is 0 Å². The van der Waals surface area contributed by atoms with E-state index in [-0.39, 0.29) is 11.9 Å². The first-order valence-electron chi connectivity index (χ1n) is 11.0. The molecule has 3 atom stereocenters. The number of aryl methyl sites for hydroxylation is 1. The summed E-state index contributed by atoms with van der Waals surface area (Å²) in [6.07, 6.45) is 4.59. The van der Waals surface area contributed by atoms with Crippen molar-refractivity contribution < 1.29 is 9.53 Å². The fraction of sp³-hybridized carbons (Fsp3) is 0.500. The number of rotatable bonds is 6. The van der Waals surface area contributed by atoms with Gasteiger partial charge < -0.3 is 20.3 Å². The van der Waals surface area contributed by atoms with Crippen molar-refractivity contribution in [3.63, 3.8) is 0 Å². The number of piperidine rings is 1. The summed E-state index contributed by atoms with van der Waals surface area (Å²) < 4.78 is 5.59. The minimum Gasteiger partial charge on any atom is -0.481 e. The number of pyridine rings is 1. The number of hydrogen-bond acceptors (Lipinski definition) is 5. The summed E-state index contributed by atoms with van der Waals surface area (Å²) in [6.45, 7) is 2.90. The third-order valence-electron chi connectivity index (χ3n) is 6.47. The van der Waals surface area contributed by atoms with E-state index < -0.39 is 0 Å². The van der Waals surface area contributed by atoms with Gasteiger partial charge in [-0.3, -0.25) is 4.79 Å². The van der Waals surface area contributed by atoms with Crippen LogP contribution in [0.2, 0.25) is 0 Å². The minimum absolute atomic E-state index is 0.139.